The summed E-state index contributed by atoms with van der Waals surface area (Å²) in [6.07, 6.45) is 1.53. The summed E-state index contributed by atoms with van der Waals surface area (Å²) in [5, 5.41) is 39.9. The maximum atomic E-state index is 13.6. The van der Waals surface area contributed by atoms with Gasteiger partial charge in [0, 0.05) is 29.9 Å². The zero-order valence-electron chi connectivity index (χ0n) is 35.0. The van der Waals surface area contributed by atoms with Crippen LogP contribution in [-0.2, 0) is 56.0 Å². The fraction of sp³-hybridized carbons (Fsp3) is 0.439. The van der Waals surface area contributed by atoms with Crippen LogP contribution < -0.4 is 48.3 Å². The maximum Gasteiger partial charge on any atom is 0.326 e. The summed E-state index contributed by atoms with van der Waals surface area (Å²) in [6, 6.07) is 9.50. The number of carbonyl (C=O) groups is 9. The molecule has 336 valence electrons. The fourth-order valence-corrected chi connectivity index (χ4v) is 6.10. The standard InChI is InChI=1S/C41H56N10O11/c1-22(2)35(50-31(53)16-42)39(59)46-18-32(54)44-19-33(55)47-30(21-52)38(58)48-28(15-25-17-43-27-13-9-8-12-26(25)27)37(57)45-20-34(56)51-36(23(3)4)40(60)49-29(41(61)62)14-24-10-6-5-7-11-24/h5-13,17,22-23,28-30,35-36,43,52H,14-16,18-21,42H2,1-4H3,(H,44,54)(H,45,57)(H,46,59)(H,47,55)(H,48,58)(H,49,60)(H,50,53)(H,51,56)(H,61,62)/p+1/t28-,29-,30-,35-,36-/m0/s1. The van der Waals surface area contributed by atoms with E-state index < -0.39 is 116 Å². The summed E-state index contributed by atoms with van der Waals surface area (Å²) in [4.78, 5) is 118. The number of amides is 8. The number of quaternary nitrogens is 1. The van der Waals surface area contributed by atoms with Gasteiger partial charge in [-0.3, -0.25) is 38.4 Å². The summed E-state index contributed by atoms with van der Waals surface area (Å²) in [5.74, 6) is -8.15. The van der Waals surface area contributed by atoms with Crippen LogP contribution in [0.5, 0.6) is 0 Å². The number of aromatic nitrogens is 1. The SMILES string of the molecule is CC(C)[C@H](NC(=O)C[NH3+])C(=O)NCC(=O)NCC(=O)N[C@@H](CO)C(=O)N[C@@H](Cc1c[nH]c2ccccc12)C(=O)NCC(=O)N[C@H](C(=O)N[C@@H](Cc1ccccc1)C(=O)O)C(C)C. The highest BCUT2D eigenvalue weighted by molar-refractivity contribution is 5.96. The molecule has 0 bridgehead atoms. The summed E-state index contributed by atoms with van der Waals surface area (Å²) >= 11 is 0. The van der Waals surface area contributed by atoms with E-state index in [9.17, 15) is 53.4 Å². The number of nitrogens with one attached hydrogen (secondary N) is 9. The fourth-order valence-electron chi connectivity index (χ4n) is 6.10. The van der Waals surface area contributed by atoms with E-state index in [1.807, 2.05) is 0 Å². The lowest BCUT2D eigenvalue weighted by Crippen LogP contribution is -2.61. The molecular formula is C41H57N10O11+. The van der Waals surface area contributed by atoms with Gasteiger partial charge in [-0.15, -0.1) is 0 Å². The van der Waals surface area contributed by atoms with E-state index in [0.29, 0.717) is 11.1 Å². The largest absolute Gasteiger partial charge is 0.480 e. The first-order valence-electron chi connectivity index (χ1n) is 20.0. The molecule has 0 fully saturated rings. The lowest BCUT2D eigenvalue weighted by molar-refractivity contribution is -0.355. The summed E-state index contributed by atoms with van der Waals surface area (Å²) in [6.45, 7) is 3.85. The van der Waals surface area contributed by atoms with Crippen LogP contribution in [0.15, 0.2) is 60.8 Å². The summed E-state index contributed by atoms with van der Waals surface area (Å²) in [5.41, 5.74) is 5.48. The molecule has 0 aliphatic carbocycles. The first-order valence-corrected chi connectivity index (χ1v) is 20.0. The van der Waals surface area contributed by atoms with Gasteiger partial charge in [-0.05, 0) is 29.0 Å². The predicted molar refractivity (Wildman–Crippen MR) is 223 cm³/mol. The minimum absolute atomic E-state index is 0.000752. The highest BCUT2D eigenvalue weighted by atomic mass is 16.4. The summed E-state index contributed by atoms with van der Waals surface area (Å²) in [7, 11) is 0. The van der Waals surface area contributed by atoms with Gasteiger partial charge in [0.15, 0.2) is 6.54 Å². The van der Waals surface area contributed by atoms with Crippen LogP contribution in [0.3, 0.4) is 0 Å². The van der Waals surface area contributed by atoms with E-state index in [-0.39, 0.29) is 25.3 Å². The van der Waals surface area contributed by atoms with Crippen LogP contribution in [0.1, 0.15) is 38.8 Å². The normalized spacial score (nSPS) is 13.4. The van der Waals surface area contributed by atoms with Crippen molar-refractivity contribution in [2.24, 2.45) is 11.8 Å². The van der Waals surface area contributed by atoms with Crippen molar-refractivity contribution in [3.63, 3.8) is 0 Å². The minimum Gasteiger partial charge on any atom is -0.480 e. The van der Waals surface area contributed by atoms with E-state index in [2.05, 4.69) is 53.3 Å². The van der Waals surface area contributed by atoms with Gasteiger partial charge in [0.05, 0.1) is 26.2 Å². The first kappa shape index (κ1) is 49.5. The number of aliphatic hydroxyl groups is 1. The lowest BCUT2D eigenvalue weighted by atomic mass is 10.0. The Morgan fingerprint density at radius 2 is 1.13 bits per heavy atom. The molecule has 0 saturated heterocycles. The number of aliphatic carboxylic acids is 1. The minimum atomic E-state index is -1.59. The van der Waals surface area contributed by atoms with Crippen molar-refractivity contribution < 1.29 is 59.1 Å². The molecule has 0 unspecified atom stereocenters. The van der Waals surface area contributed by atoms with Gasteiger partial charge in [-0.25, -0.2) is 4.79 Å². The number of hydrogen-bond donors (Lipinski definition) is 12. The van der Waals surface area contributed by atoms with E-state index in [4.69, 9.17) is 0 Å². The van der Waals surface area contributed by atoms with Crippen LogP contribution in [0.2, 0.25) is 0 Å². The van der Waals surface area contributed by atoms with E-state index in [1.165, 1.54) is 0 Å². The number of para-hydroxylation sites is 1. The number of fused-ring (bicyclic) bond motifs is 1. The van der Waals surface area contributed by atoms with Gasteiger partial charge in [0.2, 0.25) is 41.4 Å². The molecule has 8 amide bonds. The average Bonchev–Trinajstić information content (AvgIpc) is 3.65. The highest BCUT2D eigenvalue weighted by Gasteiger charge is 2.31. The molecule has 2 aromatic carbocycles. The molecule has 1 aromatic heterocycles. The van der Waals surface area contributed by atoms with Crippen molar-refractivity contribution in [3.8, 4) is 0 Å². The Balaban J connectivity index is 1.63. The molecular weight excluding hydrogens is 809 g/mol. The van der Waals surface area contributed by atoms with Crippen LogP contribution in [0.25, 0.3) is 10.9 Å². The average molecular weight is 866 g/mol. The second-order valence-electron chi connectivity index (χ2n) is 15.1. The quantitative estimate of drug-likeness (QED) is 0.0417. The second kappa shape index (κ2) is 24.4. The number of H-pyrrole nitrogens is 1. The Morgan fingerprint density at radius 1 is 0.581 bits per heavy atom. The van der Waals surface area contributed by atoms with E-state index in [1.54, 1.807) is 88.5 Å². The molecule has 3 aromatic rings. The predicted octanol–water partition coefficient (Wildman–Crippen LogP) is -3.64. The summed E-state index contributed by atoms with van der Waals surface area (Å²) < 4.78 is 0. The van der Waals surface area contributed by atoms with E-state index >= 15 is 0 Å². The Hall–Kier alpha value is -6.87. The lowest BCUT2D eigenvalue weighted by Gasteiger charge is -2.25. The molecule has 0 aliphatic heterocycles. The zero-order chi connectivity index (χ0) is 45.9. The molecule has 14 N–H and O–H groups in total. The van der Waals surface area contributed by atoms with Crippen molar-refractivity contribution in [2.75, 3.05) is 32.8 Å². The molecule has 3 rings (SSSR count). The molecule has 21 nitrogen and oxygen atoms in total. The van der Waals surface area contributed by atoms with Crippen molar-refractivity contribution >= 4 is 64.1 Å². The number of carbonyl (C=O) groups excluding carboxylic acids is 8. The van der Waals surface area contributed by atoms with Crippen molar-refractivity contribution in [2.45, 2.75) is 70.7 Å². The molecule has 0 saturated carbocycles. The smallest absolute Gasteiger partial charge is 0.326 e. The third-order valence-electron chi connectivity index (χ3n) is 9.51. The van der Waals surface area contributed by atoms with Gasteiger partial charge in [0.1, 0.15) is 30.2 Å². The van der Waals surface area contributed by atoms with Crippen molar-refractivity contribution in [1.82, 2.24) is 47.5 Å². The molecule has 1 heterocycles. The van der Waals surface area contributed by atoms with Gasteiger partial charge < -0.3 is 63.5 Å². The molecule has 5 atom stereocenters. The second-order valence-corrected chi connectivity index (χ2v) is 15.1. The Morgan fingerprint density at radius 3 is 1.76 bits per heavy atom. The van der Waals surface area contributed by atoms with E-state index in [0.717, 1.165) is 10.9 Å². The third kappa shape index (κ3) is 15.6. The number of rotatable bonds is 24. The molecule has 21 heteroatoms. The number of carboxylic acids is 1. The van der Waals surface area contributed by atoms with Crippen LogP contribution in [-0.4, -0.2) is 131 Å². The van der Waals surface area contributed by atoms with Crippen LogP contribution >= 0.6 is 0 Å². The van der Waals surface area contributed by atoms with Gasteiger partial charge in [-0.2, -0.15) is 0 Å². The topological polar surface area (TPSA) is 334 Å². The molecule has 62 heavy (non-hydrogen) atoms. The maximum absolute atomic E-state index is 13.6. The zero-order valence-corrected chi connectivity index (χ0v) is 35.0. The van der Waals surface area contributed by atoms with Gasteiger partial charge in [-0.1, -0.05) is 76.2 Å². The first-order chi connectivity index (χ1) is 29.4. The Kier molecular flexibility index (Phi) is 19.5. The number of aliphatic hydroxyl groups excluding tert-OH is 1. The van der Waals surface area contributed by atoms with Crippen molar-refractivity contribution in [3.05, 3.63) is 71.9 Å². The molecule has 0 radical (unpaired) electrons. The number of carboxylic acid groups (broad SMARTS) is 1. The Labute approximate surface area is 357 Å². The van der Waals surface area contributed by atoms with Crippen LogP contribution in [0.4, 0.5) is 0 Å². The highest BCUT2D eigenvalue weighted by Crippen LogP contribution is 2.19. The monoisotopic (exact) mass is 865 g/mol. The number of benzene rings is 2. The Bertz CT molecular complexity index is 2060. The third-order valence-corrected chi connectivity index (χ3v) is 9.51. The van der Waals surface area contributed by atoms with Gasteiger partial charge in [0.25, 0.3) is 5.91 Å². The van der Waals surface area contributed by atoms with Gasteiger partial charge >= 0.3 is 5.97 Å². The molecule has 0 spiro atoms. The van der Waals surface area contributed by atoms with Crippen molar-refractivity contribution in [1.29, 1.82) is 0 Å². The number of aromatic amines is 1. The number of hydrogen-bond acceptors (Lipinski definition) is 10. The van der Waals surface area contributed by atoms with Crippen LogP contribution in [0, 0.1) is 11.8 Å². The molecule has 0 aliphatic rings.